The van der Waals surface area contributed by atoms with Crippen LogP contribution in [0.25, 0.3) is 0 Å². The summed E-state index contributed by atoms with van der Waals surface area (Å²) in [7, 11) is 0. The first-order valence-corrected chi connectivity index (χ1v) is 5.42. The van der Waals surface area contributed by atoms with Gasteiger partial charge in [-0.25, -0.2) is 9.97 Å². The van der Waals surface area contributed by atoms with Crippen LogP contribution in [0.3, 0.4) is 0 Å². The molecule has 0 aliphatic heterocycles. The van der Waals surface area contributed by atoms with Gasteiger partial charge in [-0.3, -0.25) is 0 Å². The number of rotatable bonds is 2. The van der Waals surface area contributed by atoms with E-state index in [4.69, 9.17) is 23.2 Å². The van der Waals surface area contributed by atoms with Gasteiger partial charge >= 0.3 is 0 Å². The molecule has 5 heteroatoms. The van der Waals surface area contributed by atoms with Crippen LogP contribution in [0.2, 0.25) is 10.2 Å². The van der Waals surface area contributed by atoms with E-state index in [1.165, 1.54) is 6.20 Å². The minimum absolute atomic E-state index is 0.333. The molecule has 0 amide bonds. The molecule has 0 radical (unpaired) electrons. The predicted octanol–water partition coefficient (Wildman–Crippen LogP) is 3.84. The van der Waals surface area contributed by atoms with E-state index in [9.17, 15) is 0 Å². The molecule has 0 aliphatic rings. The number of hydrogen-bond acceptors (Lipinski definition) is 3. The molecular formula is C11H9Cl2N3. The number of nitrogens with one attached hydrogen (secondary N) is 1. The van der Waals surface area contributed by atoms with Crippen LogP contribution in [0.1, 0.15) is 5.56 Å². The Morgan fingerprint density at radius 1 is 1.12 bits per heavy atom. The number of aromatic nitrogens is 2. The highest BCUT2D eigenvalue weighted by Gasteiger charge is 2.03. The topological polar surface area (TPSA) is 37.8 Å². The first-order valence-electron chi connectivity index (χ1n) is 4.66. The Bertz CT molecular complexity index is 514. The minimum Gasteiger partial charge on any atom is -0.338 e. The SMILES string of the molecule is Cc1ccc(Nc2nccnc2Cl)cc1Cl. The number of hydrogen-bond donors (Lipinski definition) is 1. The Balaban J connectivity index is 2.28. The van der Waals surface area contributed by atoms with Crippen molar-refractivity contribution in [1.82, 2.24) is 9.97 Å². The zero-order chi connectivity index (χ0) is 11.5. The monoisotopic (exact) mass is 253 g/mol. The largest absolute Gasteiger partial charge is 0.338 e. The van der Waals surface area contributed by atoms with Gasteiger partial charge in [-0.1, -0.05) is 29.3 Å². The van der Waals surface area contributed by atoms with Gasteiger partial charge in [0, 0.05) is 23.1 Å². The Morgan fingerprint density at radius 2 is 1.88 bits per heavy atom. The molecule has 0 bridgehead atoms. The lowest BCUT2D eigenvalue weighted by molar-refractivity contribution is 1.20. The van der Waals surface area contributed by atoms with Gasteiger partial charge in [0.2, 0.25) is 0 Å². The van der Waals surface area contributed by atoms with Crippen molar-refractivity contribution in [2.75, 3.05) is 5.32 Å². The number of nitrogens with zero attached hydrogens (tertiary/aromatic N) is 2. The van der Waals surface area contributed by atoms with Crippen molar-refractivity contribution in [3.05, 3.63) is 46.3 Å². The second kappa shape index (κ2) is 4.68. The normalized spacial score (nSPS) is 10.2. The third kappa shape index (κ3) is 2.43. The molecule has 1 aromatic heterocycles. The molecule has 0 aliphatic carbocycles. The Hall–Kier alpha value is -1.32. The minimum atomic E-state index is 0.333. The van der Waals surface area contributed by atoms with Crippen molar-refractivity contribution in [3.63, 3.8) is 0 Å². The van der Waals surface area contributed by atoms with Gasteiger partial charge in [-0.05, 0) is 24.6 Å². The summed E-state index contributed by atoms with van der Waals surface area (Å²) >= 11 is 11.9. The van der Waals surface area contributed by atoms with Gasteiger partial charge in [0.25, 0.3) is 0 Å². The summed E-state index contributed by atoms with van der Waals surface area (Å²) in [5.74, 6) is 0.518. The summed E-state index contributed by atoms with van der Waals surface area (Å²) < 4.78 is 0. The highest BCUT2D eigenvalue weighted by molar-refractivity contribution is 6.32. The van der Waals surface area contributed by atoms with Crippen molar-refractivity contribution in [3.8, 4) is 0 Å². The van der Waals surface area contributed by atoms with E-state index in [0.29, 0.717) is 16.0 Å². The second-order valence-corrected chi connectivity index (χ2v) is 4.05. The van der Waals surface area contributed by atoms with Gasteiger partial charge in [0.1, 0.15) is 0 Å². The Morgan fingerprint density at radius 3 is 2.56 bits per heavy atom. The molecule has 16 heavy (non-hydrogen) atoms. The average Bonchev–Trinajstić information content (AvgIpc) is 2.27. The third-order valence-corrected chi connectivity index (χ3v) is 2.77. The van der Waals surface area contributed by atoms with Crippen molar-refractivity contribution in [2.45, 2.75) is 6.92 Å². The Labute approximate surface area is 103 Å². The van der Waals surface area contributed by atoms with Crippen LogP contribution in [0.15, 0.2) is 30.6 Å². The van der Waals surface area contributed by atoms with Gasteiger partial charge in [-0.2, -0.15) is 0 Å². The molecule has 0 unspecified atom stereocenters. The van der Waals surface area contributed by atoms with E-state index in [2.05, 4.69) is 15.3 Å². The molecule has 1 aromatic carbocycles. The molecule has 3 nitrogen and oxygen atoms in total. The smallest absolute Gasteiger partial charge is 0.171 e. The quantitative estimate of drug-likeness (QED) is 0.884. The molecule has 1 N–H and O–H groups in total. The van der Waals surface area contributed by atoms with E-state index in [-0.39, 0.29) is 0 Å². The molecule has 1 heterocycles. The zero-order valence-electron chi connectivity index (χ0n) is 8.54. The summed E-state index contributed by atoms with van der Waals surface area (Å²) in [6.45, 7) is 1.95. The van der Waals surface area contributed by atoms with Crippen LogP contribution in [-0.2, 0) is 0 Å². The number of halogens is 2. The lowest BCUT2D eigenvalue weighted by Crippen LogP contribution is -1.95. The Kier molecular flexibility index (Phi) is 3.27. The fraction of sp³-hybridized carbons (Fsp3) is 0.0909. The third-order valence-electron chi connectivity index (χ3n) is 2.09. The van der Waals surface area contributed by atoms with E-state index >= 15 is 0 Å². The maximum Gasteiger partial charge on any atom is 0.171 e. The average molecular weight is 254 g/mol. The van der Waals surface area contributed by atoms with E-state index in [1.807, 2.05) is 25.1 Å². The van der Waals surface area contributed by atoms with Gasteiger partial charge in [0.15, 0.2) is 11.0 Å². The molecule has 2 aromatic rings. The fourth-order valence-corrected chi connectivity index (χ4v) is 1.55. The van der Waals surface area contributed by atoms with E-state index in [1.54, 1.807) is 6.20 Å². The zero-order valence-corrected chi connectivity index (χ0v) is 10.0. The molecule has 0 spiro atoms. The molecule has 82 valence electrons. The van der Waals surface area contributed by atoms with Crippen LogP contribution in [0, 0.1) is 6.92 Å². The summed E-state index contributed by atoms with van der Waals surface area (Å²) in [4.78, 5) is 8.00. The second-order valence-electron chi connectivity index (χ2n) is 3.28. The molecule has 0 saturated heterocycles. The maximum atomic E-state index is 6.01. The lowest BCUT2D eigenvalue weighted by atomic mass is 10.2. The van der Waals surface area contributed by atoms with Gasteiger partial charge < -0.3 is 5.32 Å². The highest BCUT2D eigenvalue weighted by atomic mass is 35.5. The molecular weight excluding hydrogens is 245 g/mol. The summed E-state index contributed by atoms with van der Waals surface area (Å²) in [5, 5.41) is 4.08. The van der Waals surface area contributed by atoms with Crippen molar-refractivity contribution in [2.24, 2.45) is 0 Å². The molecule has 0 saturated carbocycles. The summed E-state index contributed by atoms with van der Waals surface area (Å²) in [6.07, 6.45) is 3.11. The number of anilines is 2. The maximum absolute atomic E-state index is 6.01. The van der Waals surface area contributed by atoms with Crippen molar-refractivity contribution in [1.29, 1.82) is 0 Å². The van der Waals surface area contributed by atoms with Crippen LogP contribution in [0.4, 0.5) is 11.5 Å². The summed E-state index contributed by atoms with van der Waals surface area (Å²) in [5.41, 5.74) is 1.86. The van der Waals surface area contributed by atoms with Crippen LogP contribution >= 0.6 is 23.2 Å². The van der Waals surface area contributed by atoms with E-state index < -0.39 is 0 Å². The van der Waals surface area contributed by atoms with Crippen LogP contribution < -0.4 is 5.32 Å². The standard InChI is InChI=1S/C11H9Cl2N3/c1-7-2-3-8(6-9(7)12)16-11-10(13)14-4-5-15-11/h2-6H,1H3,(H,15,16). The first-order chi connectivity index (χ1) is 7.66. The molecule has 0 fully saturated rings. The van der Waals surface area contributed by atoms with Gasteiger partial charge in [-0.15, -0.1) is 0 Å². The molecule has 2 rings (SSSR count). The number of benzene rings is 1. The van der Waals surface area contributed by atoms with E-state index in [0.717, 1.165) is 11.3 Å². The summed E-state index contributed by atoms with van der Waals surface area (Å²) in [6, 6.07) is 5.66. The highest BCUT2D eigenvalue weighted by Crippen LogP contribution is 2.24. The predicted molar refractivity (Wildman–Crippen MR) is 66.5 cm³/mol. The molecule has 0 atom stereocenters. The first kappa shape index (κ1) is 11.2. The van der Waals surface area contributed by atoms with Crippen molar-refractivity contribution < 1.29 is 0 Å². The fourth-order valence-electron chi connectivity index (χ4n) is 1.21. The van der Waals surface area contributed by atoms with Crippen LogP contribution in [-0.4, -0.2) is 9.97 Å². The van der Waals surface area contributed by atoms with Crippen LogP contribution in [0.5, 0.6) is 0 Å². The van der Waals surface area contributed by atoms with Gasteiger partial charge in [0.05, 0.1) is 0 Å². The number of aryl methyl sites for hydroxylation is 1. The lowest BCUT2D eigenvalue weighted by Gasteiger charge is -2.07. The van der Waals surface area contributed by atoms with Crippen molar-refractivity contribution >= 4 is 34.7 Å².